The molecule has 3 aromatic heterocycles. The van der Waals surface area contributed by atoms with Gasteiger partial charge >= 0.3 is 0 Å². The largest absolute Gasteiger partial charge is 0.326 e. The van der Waals surface area contributed by atoms with Crippen LogP contribution in [0.2, 0.25) is 0 Å². The lowest BCUT2D eigenvalue weighted by Crippen LogP contribution is -2.40. The van der Waals surface area contributed by atoms with E-state index in [1.165, 1.54) is 12.3 Å². The lowest BCUT2D eigenvalue weighted by Gasteiger charge is -2.24. The molecular weight excluding hydrogens is 442 g/mol. The van der Waals surface area contributed by atoms with E-state index in [2.05, 4.69) is 39.7 Å². The first-order chi connectivity index (χ1) is 16.4. The molecule has 4 heterocycles. The number of fused-ring (bicyclic) bond motifs is 1. The van der Waals surface area contributed by atoms with Gasteiger partial charge in [0.25, 0.3) is 0 Å². The van der Waals surface area contributed by atoms with Gasteiger partial charge in [-0.05, 0) is 37.3 Å². The number of pyridine rings is 1. The van der Waals surface area contributed by atoms with Crippen molar-refractivity contribution in [2.75, 3.05) is 22.1 Å². The maximum atomic E-state index is 14.5. The number of alkyl halides is 1. The van der Waals surface area contributed by atoms with Crippen LogP contribution in [0.1, 0.15) is 49.6 Å². The number of halogens is 2. The van der Waals surface area contributed by atoms with Gasteiger partial charge in [-0.25, -0.2) is 14.4 Å². The van der Waals surface area contributed by atoms with Gasteiger partial charge in [-0.2, -0.15) is 14.5 Å². The second-order valence-electron chi connectivity index (χ2n) is 9.00. The number of carbonyl (C=O) groups is 1. The molecule has 9 nitrogen and oxygen atoms in total. The summed E-state index contributed by atoms with van der Waals surface area (Å²) in [7, 11) is 0. The summed E-state index contributed by atoms with van der Waals surface area (Å²) in [4.78, 5) is 27.5. The zero-order valence-corrected chi connectivity index (χ0v) is 19.0. The summed E-state index contributed by atoms with van der Waals surface area (Å²) in [6.07, 6.45) is 2.63. The number of aromatic nitrogens is 5. The molecule has 2 atom stereocenters. The summed E-state index contributed by atoms with van der Waals surface area (Å²) in [5.74, 6) is 0.819. The smallest absolute Gasteiger partial charge is 0.247 e. The molecule has 34 heavy (non-hydrogen) atoms. The molecule has 0 unspecified atom stereocenters. The number of rotatable bonds is 6. The highest BCUT2D eigenvalue weighted by molar-refractivity contribution is 5.97. The fourth-order valence-electron chi connectivity index (χ4n) is 4.40. The number of hydrogen-bond donors (Lipinski definition) is 3. The number of carbonyl (C=O) groups excluding carboxylic acids is 1. The van der Waals surface area contributed by atoms with Crippen molar-refractivity contribution in [3.63, 3.8) is 0 Å². The molecule has 0 radical (unpaired) electrons. The Kier molecular flexibility index (Phi) is 5.84. The normalized spacial score (nSPS) is 19.5. The quantitative estimate of drug-likeness (QED) is 0.474. The van der Waals surface area contributed by atoms with E-state index in [-0.39, 0.29) is 13.0 Å². The van der Waals surface area contributed by atoms with E-state index in [0.717, 1.165) is 42.3 Å². The van der Waals surface area contributed by atoms with Crippen LogP contribution in [0.5, 0.6) is 0 Å². The Bertz CT molecular complexity index is 1200. The van der Waals surface area contributed by atoms with Gasteiger partial charge in [-0.1, -0.05) is 13.8 Å². The van der Waals surface area contributed by atoms with E-state index in [0.29, 0.717) is 29.2 Å². The molecule has 0 aromatic carbocycles. The van der Waals surface area contributed by atoms with E-state index in [9.17, 15) is 13.6 Å². The summed E-state index contributed by atoms with van der Waals surface area (Å²) in [6, 6.07) is 3.70. The Balaban J connectivity index is 1.42. The molecule has 11 heteroatoms. The number of anilines is 4. The Morgan fingerprint density at radius 2 is 2.12 bits per heavy atom. The van der Waals surface area contributed by atoms with E-state index in [1.807, 2.05) is 6.07 Å². The van der Waals surface area contributed by atoms with Crippen LogP contribution in [-0.4, -0.2) is 49.8 Å². The third-order valence-corrected chi connectivity index (χ3v) is 6.19. The standard InChI is InChI=1S/C23H26F2N8O/c1-12(2)17-9-20(32-31-17)29-21-15-4-3-5-16(15)28-23(30-21)33-11-13(24)8-18(33)22(34)27-14-6-7-19(25)26-10-14/h6-7,9-10,12-13,18H,3-5,8,11H2,1-2H3,(H,27,34)(H2,28,29,30,31,32)/t13-,18+/m0/s1. The molecule has 1 saturated heterocycles. The number of hydrogen-bond acceptors (Lipinski definition) is 7. The molecule has 1 fully saturated rings. The molecule has 0 spiro atoms. The zero-order valence-electron chi connectivity index (χ0n) is 19.0. The van der Waals surface area contributed by atoms with Crippen molar-refractivity contribution < 1.29 is 13.6 Å². The molecular formula is C23H26F2N8O. The first kappa shape index (κ1) is 22.2. The van der Waals surface area contributed by atoms with Gasteiger partial charge < -0.3 is 15.5 Å². The Morgan fingerprint density at radius 1 is 1.26 bits per heavy atom. The van der Waals surface area contributed by atoms with Gasteiger partial charge in [0.05, 0.1) is 24.1 Å². The third kappa shape index (κ3) is 4.42. The maximum Gasteiger partial charge on any atom is 0.247 e. The highest BCUT2D eigenvalue weighted by Gasteiger charge is 2.39. The lowest BCUT2D eigenvalue weighted by molar-refractivity contribution is -0.117. The van der Waals surface area contributed by atoms with Gasteiger partial charge in [0.15, 0.2) is 5.82 Å². The SMILES string of the molecule is CC(C)c1cc(Nc2nc(N3C[C@@H](F)C[C@@H]3C(=O)Nc3ccc(F)nc3)nc3c2CCC3)n[nH]1. The van der Waals surface area contributed by atoms with E-state index in [1.54, 1.807) is 4.90 Å². The minimum absolute atomic E-state index is 0.0118. The summed E-state index contributed by atoms with van der Waals surface area (Å²) in [5.41, 5.74) is 3.26. The molecule has 5 rings (SSSR count). The van der Waals surface area contributed by atoms with Crippen LogP contribution in [0.25, 0.3) is 0 Å². The van der Waals surface area contributed by atoms with Crippen LogP contribution in [0, 0.1) is 5.95 Å². The minimum atomic E-state index is -1.20. The average Bonchev–Trinajstić information content (AvgIpc) is 3.54. The summed E-state index contributed by atoms with van der Waals surface area (Å²) in [6.45, 7) is 4.16. The Hall–Kier alpha value is -3.63. The molecule has 3 N–H and O–H groups in total. The fraction of sp³-hybridized carbons (Fsp3) is 0.435. The molecule has 178 valence electrons. The maximum absolute atomic E-state index is 14.5. The average molecular weight is 469 g/mol. The van der Waals surface area contributed by atoms with E-state index < -0.39 is 24.1 Å². The van der Waals surface area contributed by atoms with Gasteiger partial charge in [-0.3, -0.25) is 9.89 Å². The van der Waals surface area contributed by atoms with Crippen LogP contribution in [0.15, 0.2) is 24.4 Å². The number of amides is 1. The van der Waals surface area contributed by atoms with Crippen molar-refractivity contribution >= 4 is 29.2 Å². The molecule has 0 bridgehead atoms. The predicted octanol–water partition coefficient (Wildman–Crippen LogP) is 3.65. The monoisotopic (exact) mass is 468 g/mol. The first-order valence-electron chi connectivity index (χ1n) is 11.4. The first-order valence-corrected chi connectivity index (χ1v) is 11.4. The van der Waals surface area contributed by atoms with E-state index >= 15 is 0 Å². The second-order valence-corrected chi connectivity index (χ2v) is 9.00. The highest BCUT2D eigenvalue weighted by Crippen LogP contribution is 2.33. The van der Waals surface area contributed by atoms with Gasteiger partial charge in [0.1, 0.15) is 18.0 Å². The third-order valence-electron chi connectivity index (χ3n) is 6.19. The van der Waals surface area contributed by atoms with Crippen molar-refractivity contribution in [1.29, 1.82) is 0 Å². The van der Waals surface area contributed by atoms with Gasteiger partial charge in [0.2, 0.25) is 17.8 Å². The number of nitrogens with zero attached hydrogens (tertiary/aromatic N) is 5. The van der Waals surface area contributed by atoms with Crippen LogP contribution in [0.3, 0.4) is 0 Å². The van der Waals surface area contributed by atoms with Crippen LogP contribution in [0.4, 0.5) is 32.1 Å². The summed E-state index contributed by atoms with van der Waals surface area (Å²) in [5, 5.41) is 13.3. The zero-order chi connectivity index (χ0) is 23.8. The summed E-state index contributed by atoms with van der Waals surface area (Å²) < 4.78 is 27.6. The van der Waals surface area contributed by atoms with Crippen molar-refractivity contribution in [2.24, 2.45) is 0 Å². The van der Waals surface area contributed by atoms with Gasteiger partial charge in [-0.15, -0.1) is 0 Å². The van der Waals surface area contributed by atoms with Gasteiger partial charge in [0, 0.05) is 23.7 Å². The second kappa shape index (κ2) is 8.96. The van der Waals surface area contributed by atoms with Crippen molar-refractivity contribution in [2.45, 2.75) is 57.7 Å². The summed E-state index contributed by atoms with van der Waals surface area (Å²) >= 11 is 0. The van der Waals surface area contributed by atoms with E-state index in [4.69, 9.17) is 9.97 Å². The van der Waals surface area contributed by atoms with Crippen LogP contribution >= 0.6 is 0 Å². The molecule has 1 aliphatic carbocycles. The molecule has 0 saturated carbocycles. The van der Waals surface area contributed by atoms with Crippen molar-refractivity contribution in [1.82, 2.24) is 25.1 Å². The van der Waals surface area contributed by atoms with Crippen molar-refractivity contribution in [3.05, 3.63) is 47.3 Å². The van der Waals surface area contributed by atoms with Crippen molar-refractivity contribution in [3.8, 4) is 0 Å². The lowest BCUT2D eigenvalue weighted by atomic mass is 10.1. The molecule has 1 aliphatic heterocycles. The van der Waals surface area contributed by atoms with Crippen LogP contribution in [-0.2, 0) is 17.6 Å². The topological polar surface area (TPSA) is 112 Å². The fourth-order valence-corrected chi connectivity index (χ4v) is 4.40. The minimum Gasteiger partial charge on any atom is -0.326 e. The molecule has 1 amide bonds. The Morgan fingerprint density at radius 3 is 2.85 bits per heavy atom. The number of aromatic amines is 1. The number of aryl methyl sites for hydroxylation is 1. The Labute approximate surface area is 195 Å². The number of H-pyrrole nitrogens is 1. The highest BCUT2D eigenvalue weighted by atomic mass is 19.1. The molecule has 2 aliphatic rings. The molecule has 3 aromatic rings. The van der Waals surface area contributed by atoms with Crippen LogP contribution < -0.4 is 15.5 Å². The predicted molar refractivity (Wildman–Crippen MR) is 123 cm³/mol. The number of nitrogens with one attached hydrogen (secondary N) is 3.